The standard InChI is InChI=1S/C23H32O4/c1-13-9-17-16-6-5-14-10-15(24)7-8-22(14,2)21(16)18(25)11-23(17,3)20(13)19(26)12-27-4/h7-8,10,13,16-18,20-21,25H,5-6,9,11-12H2,1-4H3/t13-,16+,17?,18+,20-,21?,22+,23+/m1/s1. The van der Waals surface area contributed by atoms with Crippen molar-refractivity contribution in [3.05, 3.63) is 23.8 Å². The summed E-state index contributed by atoms with van der Waals surface area (Å²) in [6, 6.07) is 0. The SMILES string of the molecule is COCC(=O)[C@H]1[C@H](C)CC2[C@@H]3CCC4=CC(=O)C=C[C@]4(C)C3[C@@H](O)C[C@@]21C. The van der Waals surface area contributed by atoms with Crippen LogP contribution in [0.1, 0.15) is 46.5 Å². The third-order valence-electron chi connectivity index (χ3n) is 8.47. The Hall–Kier alpha value is -1.26. The summed E-state index contributed by atoms with van der Waals surface area (Å²) in [5.41, 5.74) is 0.772. The van der Waals surface area contributed by atoms with Gasteiger partial charge in [-0.15, -0.1) is 0 Å². The second-order valence-corrected chi connectivity index (χ2v) is 9.89. The van der Waals surface area contributed by atoms with Crippen molar-refractivity contribution in [3.8, 4) is 0 Å². The molecule has 4 aliphatic carbocycles. The van der Waals surface area contributed by atoms with Gasteiger partial charge in [0.2, 0.25) is 0 Å². The number of aliphatic hydroxyl groups is 1. The van der Waals surface area contributed by atoms with E-state index in [1.807, 2.05) is 6.08 Å². The molecule has 0 heterocycles. The Bertz CT molecular complexity index is 722. The van der Waals surface area contributed by atoms with E-state index in [1.165, 1.54) is 5.57 Å². The number of ether oxygens (including phenoxy) is 1. The van der Waals surface area contributed by atoms with Crippen LogP contribution in [0.3, 0.4) is 0 Å². The smallest absolute Gasteiger partial charge is 0.178 e. The van der Waals surface area contributed by atoms with Gasteiger partial charge in [-0.3, -0.25) is 9.59 Å². The zero-order valence-electron chi connectivity index (χ0n) is 16.9. The number of aliphatic hydroxyl groups excluding tert-OH is 1. The fourth-order valence-electron chi connectivity index (χ4n) is 7.61. The molecule has 2 unspecified atom stereocenters. The van der Waals surface area contributed by atoms with E-state index in [-0.39, 0.29) is 40.8 Å². The highest BCUT2D eigenvalue weighted by Crippen LogP contribution is 2.67. The van der Waals surface area contributed by atoms with Crippen molar-refractivity contribution >= 4 is 11.6 Å². The maximum Gasteiger partial charge on any atom is 0.178 e. The van der Waals surface area contributed by atoms with E-state index >= 15 is 0 Å². The maximum absolute atomic E-state index is 12.8. The molecule has 0 spiro atoms. The van der Waals surface area contributed by atoms with Crippen LogP contribution in [-0.2, 0) is 14.3 Å². The molecule has 4 aliphatic rings. The minimum absolute atomic E-state index is 0.0359. The Morgan fingerprint density at radius 1 is 1.37 bits per heavy atom. The highest BCUT2D eigenvalue weighted by Gasteiger charge is 2.64. The largest absolute Gasteiger partial charge is 0.393 e. The molecule has 0 aromatic rings. The first kappa shape index (κ1) is 19.1. The quantitative estimate of drug-likeness (QED) is 0.825. The molecule has 148 valence electrons. The van der Waals surface area contributed by atoms with Gasteiger partial charge in [0.15, 0.2) is 11.6 Å². The second-order valence-electron chi connectivity index (χ2n) is 9.89. The molecular weight excluding hydrogens is 340 g/mol. The molecule has 3 saturated carbocycles. The molecule has 3 fully saturated rings. The highest BCUT2D eigenvalue weighted by molar-refractivity contribution is 6.01. The van der Waals surface area contributed by atoms with Crippen LogP contribution in [0.5, 0.6) is 0 Å². The van der Waals surface area contributed by atoms with Crippen molar-refractivity contribution in [1.82, 2.24) is 0 Å². The normalized spacial score (nSPS) is 48.5. The fraction of sp³-hybridized carbons (Fsp3) is 0.739. The molecule has 4 rings (SSSR count). The summed E-state index contributed by atoms with van der Waals surface area (Å²) in [5, 5.41) is 11.3. The van der Waals surface area contributed by atoms with E-state index in [2.05, 4.69) is 20.8 Å². The number of Topliss-reactive ketones (excluding diaryl/α,β-unsaturated/α-hetero) is 1. The highest BCUT2D eigenvalue weighted by atomic mass is 16.5. The van der Waals surface area contributed by atoms with Gasteiger partial charge in [-0.2, -0.15) is 0 Å². The van der Waals surface area contributed by atoms with E-state index in [1.54, 1.807) is 19.3 Å². The van der Waals surface area contributed by atoms with Crippen molar-refractivity contribution in [2.24, 2.45) is 40.4 Å². The van der Waals surface area contributed by atoms with Crippen LogP contribution in [0, 0.1) is 40.4 Å². The Morgan fingerprint density at radius 3 is 2.81 bits per heavy atom. The van der Waals surface area contributed by atoms with Crippen LogP contribution in [0.15, 0.2) is 23.8 Å². The molecule has 8 atom stereocenters. The van der Waals surface area contributed by atoms with Crippen molar-refractivity contribution in [2.75, 3.05) is 13.7 Å². The van der Waals surface area contributed by atoms with Crippen LogP contribution < -0.4 is 0 Å². The summed E-state index contributed by atoms with van der Waals surface area (Å²) >= 11 is 0. The van der Waals surface area contributed by atoms with Gasteiger partial charge in [-0.1, -0.05) is 32.4 Å². The summed E-state index contributed by atoms with van der Waals surface area (Å²) in [5.74, 6) is 1.50. The average Bonchev–Trinajstić information content (AvgIpc) is 2.85. The van der Waals surface area contributed by atoms with Crippen LogP contribution in [0.25, 0.3) is 0 Å². The van der Waals surface area contributed by atoms with Gasteiger partial charge in [0.25, 0.3) is 0 Å². The van der Waals surface area contributed by atoms with E-state index in [9.17, 15) is 14.7 Å². The predicted octanol–water partition coefficient (Wildman–Crippen LogP) is 3.34. The zero-order valence-corrected chi connectivity index (χ0v) is 16.9. The van der Waals surface area contributed by atoms with Gasteiger partial charge in [-0.25, -0.2) is 0 Å². The summed E-state index contributed by atoms with van der Waals surface area (Å²) in [4.78, 5) is 24.7. The van der Waals surface area contributed by atoms with Crippen LogP contribution in [0.2, 0.25) is 0 Å². The van der Waals surface area contributed by atoms with Gasteiger partial charge in [0.1, 0.15) is 6.61 Å². The lowest BCUT2D eigenvalue weighted by atomic mass is 9.46. The van der Waals surface area contributed by atoms with Crippen LogP contribution in [0.4, 0.5) is 0 Å². The van der Waals surface area contributed by atoms with Gasteiger partial charge in [0.05, 0.1) is 6.10 Å². The van der Waals surface area contributed by atoms with Crippen molar-refractivity contribution < 1.29 is 19.4 Å². The topological polar surface area (TPSA) is 63.6 Å². The molecule has 0 saturated heterocycles. The zero-order chi connectivity index (χ0) is 19.6. The summed E-state index contributed by atoms with van der Waals surface area (Å²) in [7, 11) is 1.58. The molecule has 0 radical (unpaired) electrons. The first-order chi connectivity index (χ1) is 12.7. The lowest BCUT2D eigenvalue weighted by Gasteiger charge is -2.58. The number of carbonyl (C=O) groups excluding carboxylic acids is 2. The Morgan fingerprint density at radius 2 is 2.11 bits per heavy atom. The number of fused-ring (bicyclic) bond motifs is 5. The van der Waals surface area contributed by atoms with E-state index in [4.69, 9.17) is 4.74 Å². The number of rotatable bonds is 3. The van der Waals surface area contributed by atoms with Crippen LogP contribution >= 0.6 is 0 Å². The molecule has 4 nitrogen and oxygen atoms in total. The molecule has 27 heavy (non-hydrogen) atoms. The first-order valence-corrected chi connectivity index (χ1v) is 10.4. The lowest BCUT2D eigenvalue weighted by Crippen LogP contribution is -2.56. The molecule has 1 N–H and O–H groups in total. The molecule has 0 bridgehead atoms. The maximum atomic E-state index is 12.8. The lowest BCUT2D eigenvalue weighted by molar-refractivity contribution is -0.143. The van der Waals surface area contributed by atoms with Gasteiger partial charge in [0, 0.05) is 24.4 Å². The van der Waals surface area contributed by atoms with Crippen molar-refractivity contribution in [3.63, 3.8) is 0 Å². The van der Waals surface area contributed by atoms with Crippen LogP contribution in [-0.4, -0.2) is 36.5 Å². The molecule has 0 aromatic carbocycles. The Labute approximate surface area is 162 Å². The van der Waals surface area contributed by atoms with E-state index < -0.39 is 6.10 Å². The average molecular weight is 373 g/mol. The predicted molar refractivity (Wildman–Crippen MR) is 103 cm³/mol. The fourth-order valence-corrected chi connectivity index (χ4v) is 7.61. The molecule has 4 heteroatoms. The van der Waals surface area contributed by atoms with Gasteiger partial charge in [-0.05, 0) is 61.0 Å². The minimum Gasteiger partial charge on any atom is -0.393 e. The number of allylic oxidation sites excluding steroid dienone is 4. The van der Waals surface area contributed by atoms with Gasteiger partial charge < -0.3 is 9.84 Å². The molecular formula is C23H32O4. The Balaban J connectivity index is 1.71. The van der Waals surface area contributed by atoms with Crippen molar-refractivity contribution in [1.29, 1.82) is 0 Å². The number of hydrogen-bond acceptors (Lipinski definition) is 4. The first-order valence-electron chi connectivity index (χ1n) is 10.4. The summed E-state index contributed by atoms with van der Waals surface area (Å²) in [6.45, 7) is 6.78. The monoisotopic (exact) mass is 372 g/mol. The second kappa shape index (κ2) is 6.38. The summed E-state index contributed by atoms with van der Waals surface area (Å²) < 4.78 is 5.16. The van der Waals surface area contributed by atoms with Crippen molar-refractivity contribution in [2.45, 2.75) is 52.6 Å². The number of methoxy groups -OCH3 is 1. The van der Waals surface area contributed by atoms with Gasteiger partial charge >= 0.3 is 0 Å². The number of carbonyl (C=O) groups is 2. The summed E-state index contributed by atoms with van der Waals surface area (Å²) in [6.07, 6.45) is 8.68. The molecule has 0 amide bonds. The Kier molecular flexibility index (Phi) is 4.51. The van der Waals surface area contributed by atoms with E-state index in [0.29, 0.717) is 24.2 Å². The van der Waals surface area contributed by atoms with E-state index in [0.717, 1.165) is 19.3 Å². The number of hydrogen-bond donors (Lipinski definition) is 1. The third-order valence-corrected chi connectivity index (χ3v) is 8.47. The third kappa shape index (κ3) is 2.63. The minimum atomic E-state index is -0.453. The molecule has 0 aliphatic heterocycles. The molecule has 0 aromatic heterocycles. The number of ketones is 2.